The number of aromatic nitrogens is 2. The zero-order valence-corrected chi connectivity index (χ0v) is 15.0. The molecule has 4 rings (SSSR count). The van der Waals surface area contributed by atoms with Crippen LogP contribution >= 0.6 is 11.6 Å². The molecule has 1 N–H and O–H groups in total. The number of H-pyrrole nitrogens is 1. The van der Waals surface area contributed by atoms with Crippen LogP contribution in [0.5, 0.6) is 0 Å². The average Bonchev–Trinajstić information content (AvgIpc) is 3.47. The Morgan fingerprint density at radius 1 is 1.15 bits per heavy atom. The highest BCUT2D eigenvalue weighted by Gasteiger charge is 2.38. The number of nitrogens with zero attached hydrogens (tertiary/aromatic N) is 2. The number of rotatable bonds is 4. The van der Waals surface area contributed by atoms with Gasteiger partial charge in [0.25, 0.3) is 11.5 Å². The highest BCUT2D eigenvalue weighted by Crippen LogP contribution is 2.37. The van der Waals surface area contributed by atoms with Crippen molar-refractivity contribution in [3.8, 4) is 0 Å². The van der Waals surface area contributed by atoms with E-state index in [-0.39, 0.29) is 29.2 Å². The lowest BCUT2D eigenvalue weighted by Crippen LogP contribution is -2.37. The molecule has 26 heavy (non-hydrogen) atoms. The molecule has 0 spiro atoms. The van der Waals surface area contributed by atoms with Gasteiger partial charge in [-0.25, -0.2) is 5.10 Å². The molecule has 0 saturated heterocycles. The largest absolute Gasteiger partial charge is 0.327 e. The Morgan fingerprint density at radius 2 is 1.81 bits per heavy atom. The molecule has 1 unspecified atom stereocenters. The maximum atomic E-state index is 13.4. The van der Waals surface area contributed by atoms with E-state index in [0.717, 1.165) is 18.4 Å². The van der Waals surface area contributed by atoms with Crippen LogP contribution in [0.25, 0.3) is 10.8 Å². The third kappa shape index (κ3) is 2.88. The van der Waals surface area contributed by atoms with E-state index >= 15 is 0 Å². The van der Waals surface area contributed by atoms with Crippen LogP contribution in [0.3, 0.4) is 0 Å². The Hall–Kier alpha value is -2.66. The van der Waals surface area contributed by atoms with E-state index in [1.165, 1.54) is 0 Å². The van der Waals surface area contributed by atoms with Gasteiger partial charge in [0.1, 0.15) is 0 Å². The number of nitrogens with one attached hydrogen (secondary N) is 1. The van der Waals surface area contributed by atoms with E-state index < -0.39 is 0 Å². The standard InChI is InChI=1S/C20H18ClN3O2/c1-12(14-6-4-5-9-17(14)21)24(13-10-11-13)20(26)18-15-7-2-3-8-16(15)19(25)23-22-18/h2-9,12-13H,10-11H2,1H3,(H,23,25). The molecule has 6 heteroatoms. The summed E-state index contributed by atoms with van der Waals surface area (Å²) in [6.07, 6.45) is 1.92. The van der Waals surface area contributed by atoms with Crippen molar-refractivity contribution in [2.75, 3.05) is 0 Å². The second-order valence-corrected chi connectivity index (χ2v) is 7.00. The highest BCUT2D eigenvalue weighted by atomic mass is 35.5. The first-order chi connectivity index (χ1) is 12.6. The van der Waals surface area contributed by atoms with Crippen molar-refractivity contribution in [3.63, 3.8) is 0 Å². The van der Waals surface area contributed by atoms with Gasteiger partial charge in [-0.15, -0.1) is 0 Å². The molecule has 1 saturated carbocycles. The second-order valence-electron chi connectivity index (χ2n) is 6.59. The molecule has 1 heterocycles. The smallest absolute Gasteiger partial charge is 0.275 e. The van der Waals surface area contributed by atoms with Crippen LogP contribution in [0.4, 0.5) is 0 Å². The minimum Gasteiger partial charge on any atom is -0.327 e. The number of hydrogen-bond acceptors (Lipinski definition) is 3. The maximum Gasteiger partial charge on any atom is 0.275 e. The van der Waals surface area contributed by atoms with Gasteiger partial charge in [0.15, 0.2) is 5.69 Å². The highest BCUT2D eigenvalue weighted by molar-refractivity contribution is 6.31. The molecule has 0 bridgehead atoms. The van der Waals surface area contributed by atoms with Gasteiger partial charge >= 0.3 is 0 Å². The molecular formula is C20H18ClN3O2. The van der Waals surface area contributed by atoms with Gasteiger partial charge in [-0.05, 0) is 37.5 Å². The number of aromatic amines is 1. The fraction of sp³-hybridized carbons (Fsp3) is 0.250. The van der Waals surface area contributed by atoms with Gasteiger partial charge in [-0.2, -0.15) is 5.10 Å². The van der Waals surface area contributed by atoms with Gasteiger partial charge in [0, 0.05) is 16.5 Å². The Morgan fingerprint density at radius 3 is 2.50 bits per heavy atom. The minimum atomic E-state index is -0.297. The Kier molecular flexibility index (Phi) is 4.24. The monoisotopic (exact) mass is 367 g/mol. The molecule has 5 nitrogen and oxygen atoms in total. The van der Waals surface area contributed by atoms with Crippen molar-refractivity contribution in [2.24, 2.45) is 0 Å². The van der Waals surface area contributed by atoms with Gasteiger partial charge in [-0.3, -0.25) is 9.59 Å². The summed E-state index contributed by atoms with van der Waals surface area (Å²) >= 11 is 6.35. The number of amides is 1. The Labute approximate surface area is 155 Å². The molecule has 1 aromatic heterocycles. The summed E-state index contributed by atoms with van der Waals surface area (Å²) in [4.78, 5) is 27.2. The summed E-state index contributed by atoms with van der Waals surface area (Å²) in [6.45, 7) is 1.98. The van der Waals surface area contributed by atoms with Crippen LogP contribution < -0.4 is 5.56 Å². The van der Waals surface area contributed by atoms with Crippen LogP contribution in [-0.2, 0) is 0 Å². The van der Waals surface area contributed by atoms with Crippen LogP contribution in [0.15, 0.2) is 53.3 Å². The first-order valence-electron chi connectivity index (χ1n) is 8.62. The lowest BCUT2D eigenvalue weighted by Gasteiger charge is -2.30. The normalized spacial score (nSPS) is 15.0. The van der Waals surface area contributed by atoms with Crippen molar-refractivity contribution in [3.05, 3.63) is 75.2 Å². The zero-order chi connectivity index (χ0) is 18.3. The van der Waals surface area contributed by atoms with E-state index in [4.69, 9.17) is 11.6 Å². The van der Waals surface area contributed by atoms with Crippen molar-refractivity contribution in [2.45, 2.75) is 31.8 Å². The summed E-state index contributed by atoms with van der Waals surface area (Å²) in [5.74, 6) is -0.188. The molecule has 132 valence electrons. The number of hydrogen-bond donors (Lipinski definition) is 1. The fourth-order valence-corrected chi connectivity index (χ4v) is 3.67. The Bertz CT molecular complexity index is 1040. The lowest BCUT2D eigenvalue weighted by atomic mass is 10.0. The molecular weight excluding hydrogens is 350 g/mol. The van der Waals surface area contributed by atoms with E-state index in [2.05, 4.69) is 10.2 Å². The topological polar surface area (TPSA) is 66.1 Å². The summed E-state index contributed by atoms with van der Waals surface area (Å²) < 4.78 is 0. The quantitative estimate of drug-likeness (QED) is 0.759. The summed E-state index contributed by atoms with van der Waals surface area (Å²) in [6, 6.07) is 14.6. The molecule has 0 radical (unpaired) electrons. The number of halogens is 1. The predicted octanol–water partition coefficient (Wildman–Crippen LogP) is 3.94. The molecule has 1 aliphatic rings. The molecule has 3 aromatic rings. The van der Waals surface area contributed by atoms with Crippen molar-refractivity contribution in [1.82, 2.24) is 15.1 Å². The summed E-state index contributed by atoms with van der Waals surface area (Å²) in [5.41, 5.74) is 0.878. The molecule has 1 aliphatic carbocycles. The lowest BCUT2D eigenvalue weighted by molar-refractivity contribution is 0.0669. The van der Waals surface area contributed by atoms with Gasteiger partial charge in [0.2, 0.25) is 0 Å². The van der Waals surface area contributed by atoms with Crippen molar-refractivity contribution >= 4 is 28.3 Å². The molecule has 1 atom stereocenters. The predicted molar refractivity (Wildman–Crippen MR) is 101 cm³/mol. The summed E-state index contributed by atoms with van der Waals surface area (Å²) in [7, 11) is 0. The van der Waals surface area contributed by atoms with E-state index in [0.29, 0.717) is 15.8 Å². The van der Waals surface area contributed by atoms with Gasteiger partial charge < -0.3 is 4.90 Å². The molecule has 1 amide bonds. The first kappa shape index (κ1) is 16.8. The zero-order valence-electron chi connectivity index (χ0n) is 14.3. The number of carbonyl (C=O) groups excluding carboxylic acids is 1. The minimum absolute atomic E-state index is 0.168. The van der Waals surface area contributed by atoms with Crippen molar-refractivity contribution < 1.29 is 4.79 Å². The number of carbonyl (C=O) groups is 1. The van der Waals surface area contributed by atoms with Gasteiger partial charge in [-0.1, -0.05) is 48.0 Å². The summed E-state index contributed by atoms with van der Waals surface area (Å²) in [5, 5.41) is 8.19. The second kappa shape index (κ2) is 6.57. The van der Waals surface area contributed by atoms with Crippen LogP contribution in [-0.4, -0.2) is 27.0 Å². The van der Waals surface area contributed by atoms with E-state index in [9.17, 15) is 9.59 Å². The third-order valence-corrected chi connectivity index (χ3v) is 5.19. The van der Waals surface area contributed by atoms with Crippen molar-refractivity contribution in [1.29, 1.82) is 0 Å². The van der Waals surface area contributed by atoms with Crippen LogP contribution in [0.1, 0.15) is 41.9 Å². The number of fused-ring (bicyclic) bond motifs is 1. The maximum absolute atomic E-state index is 13.4. The first-order valence-corrected chi connectivity index (χ1v) is 9.00. The molecule has 1 fully saturated rings. The Balaban J connectivity index is 1.79. The van der Waals surface area contributed by atoms with Gasteiger partial charge in [0.05, 0.1) is 11.4 Å². The van der Waals surface area contributed by atoms with E-state index in [1.807, 2.05) is 36.1 Å². The fourth-order valence-electron chi connectivity index (χ4n) is 3.37. The molecule has 0 aliphatic heterocycles. The van der Waals surface area contributed by atoms with Crippen LogP contribution in [0.2, 0.25) is 5.02 Å². The number of benzene rings is 2. The average molecular weight is 368 g/mol. The van der Waals surface area contributed by atoms with Crippen LogP contribution in [0, 0.1) is 0 Å². The van der Waals surface area contributed by atoms with E-state index in [1.54, 1.807) is 24.3 Å². The third-order valence-electron chi connectivity index (χ3n) is 4.85. The molecule has 2 aromatic carbocycles. The SMILES string of the molecule is CC(c1ccccc1Cl)N(C(=O)c1n[nH]c(=O)c2ccccc12)C1CC1.